The summed E-state index contributed by atoms with van der Waals surface area (Å²) in [4.78, 5) is 22.3. The molecule has 0 spiro atoms. The highest BCUT2D eigenvalue weighted by atomic mass is 32.2. The number of nitrogens with zero attached hydrogens (tertiary/aromatic N) is 1. The molecule has 0 heterocycles. The number of nitro benzene ring substituents is 1. The number of hydrogen-bond acceptors (Lipinski definition) is 6. The van der Waals surface area contributed by atoms with Crippen molar-refractivity contribution in [3.63, 3.8) is 0 Å². The van der Waals surface area contributed by atoms with E-state index < -0.39 is 10.5 Å². The Morgan fingerprint density at radius 1 is 1.42 bits per heavy atom. The molecule has 0 unspecified atom stereocenters. The van der Waals surface area contributed by atoms with Gasteiger partial charge in [-0.25, -0.2) is 0 Å². The SMILES string of the molecule is CC(C)(C)OC(=O)CSc1cc(N)cc([N+](=O)[O-])c1. The van der Waals surface area contributed by atoms with Gasteiger partial charge in [0.1, 0.15) is 5.60 Å². The van der Waals surface area contributed by atoms with Gasteiger partial charge in [0.2, 0.25) is 0 Å². The molecule has 2 N–H and O–H groups in total. The van der Waals surface area contributed by atoms with E-state index in [4.69, 9.17) is 10.5 Å². The van der Waals surface area contributed by atoms with E-state index in [1.165, 1.54) is 12.1 Å². The van der Waals surface area contributed by atoms with Crippen LogP contribution in [-0.2, 0) is 9.53 Å². The number of thioether (sulfide) groups is 1. The zero-order valence-corrected chi connectivity index (χ0v) is 11.8. The first-order valence-electron chi connectivity index (χ1n) is 5.57. The maximum absolute atomic E-state index is 11.5. The van der Waals surface area contributed by atoms with Crippen LogP contribution in [0.1, 0.15) is 20.8 Å². The summed E-state index contributed by atoms with van der Waals surface area (Å²) in [6.07, 6.45) is 0. The number of esters is 1. The van der Waals surface area contributed by atoms with Gasteiger partial charge in [-0.2, -0.15) is 0 Å². The summed E-state index contributed by atoms with van der Waals surface area (Å²) >= 11 is 1.16. The minimum atomic E-state index is -0.542. The Hall–Kier alpha value is -1.76. The molecule has 0 aliphatic carbocycles. The Kier molecular flexibility index (Phi) is 4.77. The van der Waals surface area contributed by atoms with Crippen LogP contribution in [-0.4, -0.2) is 22.2 Å². The molecule has 1 aromatic rings. The van der Waals surface area contributed by atoms with Crippen LogP contribution in [0.25, 0.3) is 0 Å². The maximum Gasteiger partial charge on any atom is 0.316 e. The number of hydrogen-bond donors (Lipinski definition) is 1. The molecule has 0 saturated heterocycles. The fraction of sp³-hybridized carbons (Fsp3) is 0.417. The number of rotatable bonds is 4. The molecule has 6 nitrogen and oxygen atoms in total. The van der Waals surface area contributed by atoms with Gasteiger partial charge in [0.15, 0.2) is 0 Å². The van der Waals surface area contributed by atoms with E-state index in [-0.39, 0.29) is 17.4 Å². The Morgan fingerprint density at radius 2 is 2.05 bits per heavy atom. The molecule has 0 bridgehead atoms. The number of ether oxygens (including phenoxy) is 1. The minimum Gasteiger partial charge on any atom is -0.459 e. The molecule has 104 valence electrons. The Bertz CT molecular complexity index is 497. The van der Waals surface area contributed by atoms with Gasteiger partial charge >= 0.3 is 5.97 Å². The summed E-state index contributed by atoms with van der Waals surface area (Å²) in [5, 5.41) is 10.7. The lowest BCUT2D eigenvalue weighted by Gasteiger charge is -2.19. The van der Waals surface area contributed by atoms with Gasteiger partial charge in [0.25, 0.3) is 5.69 Å². The van der Waals surface area contributed by atoms with Crippen molar-refractivity contribution in [2.45, 2.75) is 31.3 Å². The third-order valence-electron chi connectivity index (χ3n) is 1.90. The van der Waals surface area contributed by atoms with Crippen LogP contribution in [0.15, 0.2) is 23.1 Å². The zero-order chi connectivity index (χ0) is 14.6. The molecule has 0 fully saturated rings. The molecule has 0 aromatic heterocycles. The zero-order valence-electron chi connectivity index (χ0n) is 11.0. The molecule has 1 aromatic carbocycles. The number of benzene rings is 1. The molecular formula is C12H16N2O4S. The van der Waals surface area contributed by atoms with Crippen molar-refractivity contribution in [1.82, 2.24) is 0 Å². The van der Waals surface area contributed by atoms with Crippen molar-refractivity contribution >= 4 is 29.1 Å². The Morgan fingerprint density at radius 3 is 2.58 bits per heavy atom. The Balaban J connectivity index is 2.68. The van der Waals surface area contributed by atoms with Crippen LogP contribution in [0.4, 0.5) is 11.4 Å². The molecule has 1 rings (SSSR count). The number of nitrogen functional groups attached to an aromatic ring is 1. The topological polar surface area (TPSA) is 95.5 Å². The molecule has 0 atom stereocenters. The monoisotopic (exact) mass is 284 g/mol. The van der Waals surface area contributed by atoms with Gasteiger partial charge in [0.05, 0.1) is 10.7 Å². The van der Waals surface area contributed by atoms with Crippen molar-refractivity contribution in [2.24, 2.45) is 0 Å². The first-order chi connectivity index (χ1) is 8.67. The smallest absolute Gasteiger partial charge is 0.316 e. The summed E-state index contributed by atoms with van der Waals surface area (Å²) in [6, 6.07) is 4.24. The molecule has 0 aliphatic rings. The van der Waals surface area contributed by atoms with Gasteiger partial charge in [-0.05, 0) is 26.8 Å². The third-order valence-corrected chi connectivity index (χ3v) is 2.85. The number of nitrogens with two attached hydrogens (primary N) is 1. The third kappa shape index (κ3) is 5.60. The Labute approximate surface area is 115 Å². The minimum absolute atomic E-state index is 0.0812. The van der Waals surface area contributed by atoms with E-state index in [9.17, 15) is 14.9 Å². The van der Waals surface area contributed by atoms with Crippen LogP contribution in [0, 0.1) is 10.1 Å². The molecular weight excluding hydrogens is 268 g/mol. The summed E-state index contributed by atoms with van der Waals surface area (Å²) in [7, 11) is 0. The van der Waals surface area contributed by atoms with Crippen molar-refractivity contribution in [1.29, 1.82) is 0 Å². The van der Waals surface area contributed by atoms with Gasteiger partial charge in [-0.15, -0.1) is 11.8 Å². The maximum atomic E-state index is 11.5. The van der Waals surface area contributed by atoms with Crippen LogP contribution in [0.2, 0.25) is 0 Å². The standard InChI is InChI=1S/C12H16N2O4S/c1-12(2,3)18-11(15)7-19-10-5-8(13)4-9(6-10)14(16)17/h4-6H,7,13H2,1-3H3. The number of carbonyl (C=O) groups excluding carboxylic acids is 1. The van der Waals surface area contributed by atoms with Crippen LogP contribution < -0.4 is 5.73 Å². The van der Waals surface area contributed by atoms with E-state index in [1.807, 2.05) is 0 Å². The fourth-order valence-electron chi connectivity index (χ4n) is 1.31. The summed E-state index contributed by atoms with van der Waals surface area (Å²) in [5.74, 6) is -0.291. The lowest BCUT2D eigenvalue weighted by molar-refractivity contribution is -0.385. The largest absolute Gasteiger partial charge is 0.459 e. The second kappa shape index (κ2) is 5.92. The lowest BCUT2D eigenvalue weighted by Crippen LogP contribution is -2.24. The van der Waals surface area contributed by atoms with Crippen molar-refractivity contribution in [3.05, 3.63) is 28.3 Å². The van der Waals surface area contributed by atoms with Gasteiger partial charge < -0.3 is 10.5 Å². The van der Waals surface area contributed by atoms with Gasteiger partial charge in [0, 0.05) is 22.7 Å². The number of nitro groups is 1. The van der Waals surface area contributed by atoms with Crippen molar-refractivity contribution in [3.8, 4) is 0 Å². The number of anilines is 1. The van der Waals surface area contributed by atoms with E-state index in [2.05, 4.69) is 0 Å². The average Bonchev–Trinajstić information content (AvgIpc) is 2.23. The summed E-state index contributed by atoms with van der Waals surface area (Å²) < 4.78 is 5.14. The highest BCUT2D eigenvalue weighted by Crippen LogP contribution is 2.26. The molecule has 7 heteroatoms. The summed E-state index contributed by atoms with van der Waals surface area (Å²) in [5.41, 5.74) is 5.23. The van der Waals surface area contributed by atoms with Gasteiger partial charge in [-0.3, -0.25) is 14.9 Å². The van der Waals surface area contributed by atoms with Crippen LogP contribution >= 0.6 is 11.8 Å². The van der Waals surface area contributed by atoms with Gasteiger partial charge in [-0.1, -0.05) is 0 Å². The normalized spacial score (nSPS) is 11.1. The summed E-state index contributed by atoms with van der Waals surface area (Å²) in [6.45, 7) is 5.34. The molecule has 0 amide bonds. The molecule has 19 heavy (non-hydrogen) atoms. The first kappa shape index (κ1) is 15.3. The second-order valence-electron chi connectivity index (χ2n) is 4.89. The highest BCUT2D eigenvalue weighted by Gasteiger charge is 2.17. The second-order valence-corrected chi connectivity index (χ2v) is 5.94. The lowest BCUT2D eigenvalue weighted by atomic mass is 10.2. The van der Waals surface area contributed by atoms with E-state index in [0.717, 1.165) is 11.8 Å². The average molecular weight is 284 g/mol. The molecule has 0 radical (unpaired) electrons. The van der Waals surface area contributed by atoms with E-state index in [0.29, 0.717) is 10.6 Å². The fourth-order valence-corrected chi connectivity index (χ4v) is 2.07. The quantitative estimate of drug-likeness (QED) is 0.300. The van der Waals surface area contributed by atoms with Crippen LogP contribution in [0.5, 0.6) is 0 Å². The predicted octanol–water partition coefficient (Wildman–Crippen LogP) is 2.61. The first-order valence-corrected chi connectivity index (χ1v) is 6.55. The van der Waals surface area contributed by atoms with Crippen LogP contribution in [0.3, 0.4) is 0 Å². The molecule has 0 saturated carbocycles. The molecule has 0 aliphatic heterocycles. The van der Waals surface area contributed by atoms with Crippen molar-refractivity contribution in [2.75, 3.05) is 11.5 Å². The highest BCUT2D eigenvalue weighted by molar-refractivity contribution is 8.00. The van der Waals surface area contributed by atoms with E-state index >= 15 is 0 Å². The van der Waals surface area contributed by atoms with Crippen molar-refractivity contribution < 1.29 is 14.5 Å². The predicted molar refractivity (Wildman–Crippen MR) is 74.1 cm³/mol. The number of carbonyl (C=O) groups is 1. The number of non-ortho nitro benzene ring substituents is 1. The van der Waals surface area contributed by atoms with E-state index in [1.54, 1.807) is 26.8 Å².